The van der Waals surface area contributed by atoms with Crippen LogP contribution in [0, 0.1) is 5.92 Å². The van der Waals surface area contributed by atoms with Gasteiger partial charge in [0.25, 0.3) is 5.91 Å². The molecule has 8 heteroatoms. The highest BCUT2D eigenvalue weighted by Gasteiger charge is 2.25. The molecule has 3 rings (SSSR count). The number of hydrogen-bond donors (Lipinski definition) is 2. The maximum Gasteiger partial charge on any atom is 0.251 e. The molecule has 0 aliphatic carbocycles. The number of nitrogens with zero attached hydrogens (tertiary/aromatic N) is 2. The van der Waals surface area contributed by atoms with Gasteiger partial charge in [-0.2, -0.15) is 4.31 Å². The monoisotopic (exact) mass is 442 g/mol. The summed E-state index contributed by atoms with van der Waals surface area (Å²) >= 11 is 0. The van der Waals surface area contributed by atoms with Crippen LogP contribution in [0.25, 0.3) is 11.0 Å². The number of fused-ring (bicyclic) bond motifs is 1. The Morgan fingerprint density at radius 2 is 1.71 bits per heavy atom. The molecule has 0 saturated carbocycles. The lowest BCUT2D eigenvalue weighted by Crippen LogP contribution is -2.33. The summed E-state index contributed by atoms with van der Waals surface area (Å²) in [4.78, 5) is 21.1. The molecule has 0 radical (unpaired) electrons. The highest BCUT2D eigenvalue weighted by molar-refractivity contribution is 7.89. The second-order valence-electron chi connectivity index (χ2n) is 7.59. The van der Waals surface area contributed by atoms with Crippen molar-refractivity contribution in [3.63, 3.8) is 0 Å². The van der Waals surface area contributed by atoms with Gasteiger partial charge >= 0.3 is 0 Å². The highest BCUT2D eigenvalue weighted by Crippen LogP contribution is 2.25. The minimum atomic E-state index is -3.56. The minimum Gasteiger partial charge on any atom is -0.342 e. The molecule has 2 unspecified atom stereocenters. The summed E-state index contributed by atoms with van der Waals surface area (Å²) in [5.41, 5.74) is 2.18. The van der Waals surface area contributed by atoms with Gasteiger partial charge in [0, 0.05) is 18.7 Å². The molecule has 2 N–H and O–H groups in total. The third-order valence-electron chi connectivity index (χ3n) is 5.66. The zero-order valence-electron chi connectivity index (χ0n) is 18.4. The number of aromatic nitrogens is 2. The van der Waals surface area contributed by atoms with Gasteiger partial charge in [-0.25, -0.2) is 13.4 Å². The molecule has 1 aromatic heterocycles. The number of aromatic amines is 1. The van der Waals surface area contributed by atoms with Gasteiger partial charge in [0.1, 0.15) is 5.82 Å². The van der Waals surface area contributed by atoms with Crippen molar-refractivity contribution < 1.29 is 13.2 Å². The van der Waals surface area contributed by atoms with Crippen LogP contribution in [0.3, 0.4) is 0 Å². The Balaban J connectivity index is 1.83. The first-order valence-electron chi connectivity index (χ1n) is 10.7. The average Bonchev–Trinajstić information content (AvgIpc) is 3.21. The van der Waals surface area contributed by atoms with Crippen molar-refractivity contribution in [2.45, 2.75) is 45.1 Å². The van der Waals surface area contributed by atoms with E-state index in [0.717, 1.165) is 17.5 Å². The smallest absolute Gasteiger partial charge is 0.251 e. The number of rotatable bonds is 9. The minimum absolute atomic E-state index is 0.159. The van der Waals surface area contributed by atoms with Gasteiger partial charge in [0.05, 0.1) is 22.0 Å². The molecule has 0 aliphatic heterocycles. The first kappa shape index (κ1) is 23.0. The number of nitrogens with one attached hydrogen (secondary N) is 2. The van der Waals surface area contributed by atoms with Crippen molar-refractivity contribution in [3.05, 3.63) is 59.9 Å². The van der Waals surface area contributed by atoms with Crippen molar-refractivity contribution in [1.29, 1.82) is 0 Å². The normalized spacial score (nSPS) is 14.0. The van der Waals surface area contributed by atoms with Gasteiger partial charge in [-0.15, -0.1) is 0 Å². The predicted molar refractivity (Wildman–Crippen MR) is 122 cm³/mol. The summed E-state index contributed by atoms with van der Waals surface area (Å²) in [6.07, 6.45) is 0.864. The molecule has 0 bridgehead atoms. The number of imidazole rings is 1. The first-order chi connectivity index (χ1) is 14.8. The molecule has 0 aliphatic rings. The number of hydrogen-bond acceptors (Lipinski definition) is 4. The second-order valence-corrected chi connectivity index (χ2v) is 9.53. The van der Waals surface area contributed by atoms with Crippen molar-refractivity contribution in [1.82, 2.24) is 19.6 Å². The fourth-order valence-corrected chi connectivity index (χ4v) is 5.01. The Kier molecular flexibility index (Phi) is 7.12. The molecule has 1 heterocycles. The summed E-state index contributed by atoms with van der Waals surface area (Å²) in [7, 11) is -3.56. The van der Waals surface area contributed by atoms with E-state index in [1.807, 2.05) is 24.3 Å². The summed E-state index contributed by atoms with van der Waals surface area (Å²) in [5, 5.41) is 3.07. The molecule has 166 valence electrons. The molecule has 1 amide bonds. The van der Waals surface area contributed by atoms with E-state index >= 15 is 0 Å². The number of amides is 1. The molecule has 7 nitrogen and oxygen atoms in total. The Morgan fingerprint density at radius 1 is 1.06 bits per heavy atom. The highest BCUT2D eigenvalue weighted by atomic mass is 32.2. The molecular formula is C23H30N4O3S. The standard InChI is InChI=1S/C23H30N4O3S/c1-5-16(4)21(22-24-19-10-8-9-11-20(19)25-22)26-23(28)17-12-14-18(15-13-17)31(29,30)27(6-2)7-3/h8-16,21H,5-7H2,1-4H3,(H,24,25)(H,26,28). The van der Waals surface area contributed by atoms with Crippen molar-refractivity contribution in [2.24, 2.45) is 5.92 Å². The van der Waals surface area contributed by atoms with Gasteiger partial charge in [0.2, 0.25) is 10.0 Å². The van der Waals surface area contributed by atoms with Crippen LogP contribution in [0.4, 0.5) is 0 Å². The van der Waals surface area contributed by atoms with E-state index in [0.29, 0.717) is 24.5 Å². The lowest BCUT2D eigenvalue weighted by Gasteiger charge is -2.22. The van der Waals surface area contributed by atoms with Gasteiger partial charge in [-0.1, -0.05) is 46.2 Å². The second kappa shape index (κ2) is 9.62. The first-order valence-corrected chi connectivity index (χ1v) is 12.1. The van der Waals surface area contributed by atoms with Gasteiger partial charge < -0.3 is 10.3 Å². The maximum atomic E-state index is 13.0. The molecule has 3 aromatic rings. The summed E-state index contributed by atoms with van der Waals surface area (Å²) < 4.78 is 26.7. The van der Waals surface area contributed by atoms with E-state index in [9.17, 15) is 13.2 Å². The van der Waals surface area contributed by atoms with Crippen LogP contribution >= 0.6 is 0 Å². The fraction of sp³-hybridized carbons (Fsp3) is 0.391. The number of carbonyl (C=O) groups excluding carboxylic acids is 1. The molecular weight excluding hydrogens is 412 g/mol. The average molecular weight is 443 g/mol. The number of carbonyl (C=O) groups is 1. The molecule has 0 fully saturated rings. The van der Waals surface area contributed by atoms with Crippen molar-refractivity contribution >= 4 is 27.0 Å². The lowest BCUT2D eigenvalue weighted by atomic mass is 9.98. The quantitative estimate of drug-likeness (QED) is 0.521. The summed E-state index contributed by atoms with van der Waals surface area (Å²) in [6.45, 7) is 8.54. The molecule has 0 saturated heterocycles. The number of sulfonamides is 1. The zero-order chi connectivity index (χ0) is 22.6. The molecule has 2 aromatic carbocycles. The molecule has 31 heavy (non-hydrogen) atoms. The molecule has 2 atom stereocenters. The van der Waals surface area contributed by atoms with Crippen LogP contribution in [0.5, 0.6) is 0 Å². The number of H-pyrrole nitrogens is 1. The van der Waals surface area contributed by atoms with E-state index in [4.69, 9.17) is 0 Å². The predicted octanol–water partition coefficient (Wildman–Crippen LogP) is 4.11. The third kappa shape index (κ3) is 4.80. The van der Waals surface area contributed by atoms with Crippen LogP contribution < -0.4 is 5.32 Å². The Labute approximate surface area is 183 Å². The van der Waals surface area contributed by atoms with Crippen LogP contribution in [0.2, 0.25) is 0 Å². The van der Waals surface area contributed by atoms with E-state index in [-0.39, 0.29) is 22.8 Å². The third-order valence-corrected chi connectivity index (χ3v) is 7.73. The SMILES string of the molecule is CCC(C)C(NC(=O)c1ccc(S(=O)(=O)N(CC)CC)cc1)c1nc2ccccc2[nH]1. The van der Waals surface area contributed by atoms with Gasteiger partial charge in [-0.05, 0) is 42.3 Å². The van der Waals surface area contributed by atoms with E-state index < -0.39 is 10.0 Å². The van der Waals surface area contributed by atoms with E-state index in [1.54, 1.807) is 26.0 Å². The maximum absolute atomic E-state index is 13.0. The van der Waals surface area contributed by atoms with Gasteiger partial charge in [-0.3, -0.25) is 4.79 Å². The van der Waals surface area contributed by atoms with Crippen molar-refractivity contribution in [3.8, 4) is 0 Å². The number of para-hydroxylation sites is 2. The largest absolute Gasteiger partial charge is 0.342 e. The Hall–Kier alpha value is -2.71. The topological polar surface area (TPSA) is 95.2 Å². The summed E-state index contributed by atoms with van der Waals surface area (Å²) in [6, 6.07) is 13.5. The van der Waals surface area contributed by atoms with Crippen molar-refractivity contribution in [2.75, 3.05) is 13.1 Å². The van der Waals surface area contributed by atoms with Crippen LogP contribution in [0.15, 0.2) is 53.4 Å². The fourth-order valence-electron chi connectivity index (χ4n) is 3.55. The van der Waals surface area contributed by atoms with Gasteiger partial charge in [0.15, 0.2) is 0 Å². The van der Waals surface area contributed by atoms with E-state index in [2.05, 4.69) is 29.1 Å². The zero-order valence-corrected chi connectivity index (χ0v) is 19.2. The Bertz CT molecular complexity index is 1100. The molecule has 0 spiro atoms. The van der Waals surface area contributed by atoms with E-state index in [1.165, 1.54) is 16.4 Å². The van der Waals surface area contributed by atoms with Crippen LogP contribution in [-0.4, -0.2) is 41.7 Å². The number of benzene rings is 2. The van der Waals surface area contributed by atoms with Crippen LogP contribution in [-0.2, 0) is 10.0 Å². The lowest BCUT2D eigenvalue weighted by molar-refractivity contribution is 0.0920. The Morgan fingerprint density at radius 3 is 2.29 bits per heavy atom. The van der Waals surface area contributed by atoms with Crippen LogP contribution in [0.1, 0.15) is 56.3 Å². The summed E-state index contributed by atoms with van der Waals surface area (Å²) in [5.74, 6) is 0.606.